The van der Waals surface area contributed by atoms with Gasteiger partial charge in [0.05, 0.1) is 13.2 Å². The predicted octanol–water partition coefficient (Wildman–Crippen LogP) is 2.05. The Hall–Kier alpha value is -2.01. The van der Waals surface area contributed by atoms with Crippen molar-refractivity contribution in [3.05, 3.63) is 57.0 Å². The minimum Gasteiger partial charge on any atom is -0.462 e. The second-order valence-corrected chi connectivity index (χ2v) is 4.36. The lowest BCUT2D eigenvalue weighted by molar-refractivity contribution is 0.0524. The zero-order chi connectivity index (χ0) is 13.8. The molecule has 0 fully saturated rings. The number of ether oxygens (including phenoxy) is 1. The minimum absolute atomic E-state index is 0.0100. The van der Waals surface area contributed by atoms with Crippen LogP contribution in [0.15, 0.2) is 35.3 Å². The van der Waals surface area contributed by atoms with Crippen LogP contribution in [0, 0.1) is 0 Å². The van der Waals surface area contributed by atoms with E-state index in [9.17, 15) is 9.59 Å². The van der Waals surface area contributed by atoms with Gasteiger partial charge in [0.25, 0.3) is 5.56 Å². The number of aromatic nitrogens is 2. The van der Waals surface area contributed by atoms with Crippen LogP contribution in [0.2, 0.25) is 5.02 Å². The van der Waals surface area contributed by atoms with Crippen molar-refractivity contribution in [2.24, 2.45) is 0 Å². The monoisotopic (exact) mass is 280 g/mol. The summed E-state index contributed by atoms with van der Waals surface area (Å²) in [6.45, 7) is 2.27. The maximum Gasteiger partial charge on any atom is 0.345 e. The topological polar surface area (TPSA) is 64.1 Å². The van der Waals surface area contributed by atoms with Crippen LogP contribution in [-0.4, -0.2) is 22.4 Å². The van der Waals surface area contributed by atoms with Crippen LogP contribution in [0.5, 0.6) is 0 Å². The van der Waals surface area contributed by atoms with Crippen molar-refractivity contribution in [3.63, 3.8) is 0 Å². The summed E-state index contributed by atoms with van der Waals surface area (Å²) in [5, 5.41) is 3.38. The van der Waals surface area contributed by atoms with Gasteiger partial charge in [-0.15, -0.1) is 0 Å². The molecule has 6 heteroatoms. The van der Waals surface area contributed by atoms with Crippen LogP contribution < -0.4 is 5.56 Å². The molecule has 1 aromatic carbocycles. The smallest absolute Gasteiger partial charge is 0.345 e. The fourth-order valence-corrected chi connectivity index (χ4v) is 1.78. The summed E-state index contributed by atoms with van der Waals surface area (Å²) in [6, 6.07) is 7.13. The molecule has 0 saturated carbocycles. The summed E-state index contributed by atoms with van der Waals surface area (Å²) >= 11 is 5.79. The van der Waals surface area contributed by atoms with Crippen molar-refractivity contribution >= 4 is 17.6 Å². The predicted molar refractivity (Wildman–Crippen MR) is 71.6 cm³/mol. The molecule has 1 aromatic heterocycles. The van der Waals surface area contributed by atoms with Crippen molar-refractivity contribution in [3.8, 4) is 0 Å². The Balaban J connectivity index is 2.20. The van der Waals surface area contributed by atoms with E-state index in [0.29, 0.717) is 11.6 Å². The van der Waals surface area contributed by atoms with Crippen molar-refractivity contribution < 1.29 is 9.53 Å². The Morgan fingerprint density at radius 3 is 2.68 bits per heavy atom. The number of esters is 1. The van der Waals surface area contributed by atoms with Gasteiger partial charge in [0.15, 0.2) is 0 Å². The summed E-state index contributed by atoms with van der Waals surface area (Å²) in [4.78, 5) is 23.5. The number of carbonyl (C=O) groups excluding carboxylic acids is 1. The van der Waals surface area contributed by atoms with Gasteiger partial charge in [-0.1, -0.05) is 23.7 Å². The first-order valence-corrected chi connectivity index (χ1v) is 6.19. The number of H-pyrrole nitrogens is 1. The van der Waals surface area contributed by atoms with Crippen LogP contribution >= 0.6 is 11.6 Å². The van der Waals surface area contributed by atoms with Crippen LogP contribution in [0.4, 0.5) is 0 Å². The van der Waals surface area contributed by atoms with Crippen LogP contribution in [-0.2, 0) is 11.3 Å². The number of rotatable bonds is 4. The van der Waals surface area contributed by atoms with E-state index >= 15 is 0 Å². The van der Waals surface area contributed by atoms with Gasteiger partial charge < -0.3 is 9.84 Å². The summed E-state index contributed by atoms with van der Waals surface area (Å²) < 4.78 is 6.14. The summed E-state index contributed by atoms with van der Waals surface area (Å²) in [5.74, 6) is -0.612. The molecular formula is C13H13ClN2O3. The van der Waals surface area contributed by atoms with Crippen molar-refractivity contribution in [2.75, 3.05) is 6.61 Å². The largest absolute Gasteiger partial charge is 0.462 e. The maximum atomic E-state index is 12.0. The molecule has 0 aliphatic rings. The van der Waals surface area contributed by atoms with E-state index in [2.05, 4.69) is 5.10 Å². The highest BCUT2D eigenvalue weighted by Gasteiger charge is 2.15. The van der Waals surface area contributed by atoms with E-state index in [-0.39, 0.29) is 12.2 Å². The molecule has 100 valence electrons. The summed E-state index contributed by atoms with van der Waals surface area (Å²) in [7, 11) is 0. The van der Waals surface area contributed by atoms with Gasteiger partial charge in [-0.25, -0.2) is 9.48 Å². The molecule has 2 rings (SSSR count). The number of aromatic amines is 1. The third-order valence-corrected chi connectivity index (χ3v) is 2.84. The van der Waals surface area contributed by atoms with E-state index in [0.717, 1.165) is 5.56 Å². The standard InChI is InChI=1S/C13H13ClN2O3/c1-2-19-13(18)11-7-15-16(12(11)17)8-9-3-5-10(14)6-4-9/h3-7,15H,2,8H2,1H3. The lowest BCUT2D eigenvalue weighted by Gasteiger charge is -2.02. The highest BCUT2D eigenvalue weighted by atomic mass is 35.5. The number of carbonyl (C=O) groups is 1. The highest BCUT2D eigenvalue weighted by molar-refractivity contribution is 6.30. The average molecular weight is 281 g/mol. The quantitative estimate of drug-likeness (QED) is 0.872. The summed E-state index contributed by atoms with van der Waals surface area (Å²) in [6.07, 6.45) is 1.36. The van der Waals surface area contributed by atoms with E-state index in [1.54, 1.807) is 19.1 Å². The Labute approximate surface area is 114 Å². The molecule has 1 N–H and O–H groups in total. The molecule has 5 nitrogen and oxygen atoms in total. The first kappa shape index (κ1) is 13.4. The van der Waals surface area contributed by atoms with E-state index in [1.165, 1.54) is 10.9 Å². The molecule has 0 aliphatic heterocycles. The third-order valence-electron chi connectivity index (χ3n) is 2.59. The molecular weight excluding hydrogens is 268 g/mol. The second-order valence-electron chi connectivity index (χ2n) is 3.93. The first-order chi connectivity index (χ1) is 9.11. The number of nitrogens with one attached hydrogen (secondary N) is 1. The lowest BCUT2D eigenvalue weighted by atomic mass is 10.2. The van der Waals surface area contributed by atoms with Gasteiger partial charge in [0.1, 0.15) is 5.56 Å². The molecule has 0 spiro atoms. The fourth-order valence-electron chi connectivity index (χ4n) is 1.65. The van der Waals surface area contributed by atoms with Gasteiger partial charge in [-0.3, -0.25) is 4.79 Å². The van der Waals surface area contributed by atoms with Gasteiger partial charge in [0.2, 0.25) is 0 Å². The zero-order valence-electron chi connectivity index (χ0n) is 10.4. The van der Waals surface area contributed by atoms with Crippen LogP contribution in [0.25, 0.3) is 0 Å². The van der Waals surface area contributed by atoms with Crippen LogP contribution in [0.1, 0.15) is 22.8 Å². The normalized spacial score (nSPS) is 10.4. The molecule has 0 saturated heterocycles. The number of hydrogen-bond acceptors (Lipinski definition) is 3. The van der Waals surface area contributed by atoms with Crippen LogP contribution in [0.3, 0.4) is 0 Å². The van der Waals surface area contributed by atoms with E-state index < -0.39 is 11.5 Å². The number of benzene rings is 1. The highest BCUT2D eigenvalue weighted by Crippen LogP contribution is 2.10. The Morgan fingerprint density at radius 2 is 2.05 bits per heavy atom. The maximum absolute atomic E-state index is 12.0. The Bertz CT molecular complexity index is 628. The van der Waals surface area contributed by atoms with Gasteiger partial charge in [0, 0.05) is 11.2 Å². The van der Waals surface area contributed by atoms with Gasteiger partial charge >= 0.3 is 5.97 Å². The molecule has 2 aromatic rings. The molecule has 0 amide bonds. The first-order valence-electron chi connectivity index (χ1n) is 5.81. The third kappa shape index (κ3) is 3.06. The SMILES string of the molecule is CCOC(=O)c1c[nH]n(Cc2ccc(Cl)cc2)c1=O. The van der Waals surface area contributed by atoms with Crippen molar-refractivity contribution in [2.45, 2.75) is 13.5 Å². The minimum atomic E-state index is -0.612. The molecule has 19 heavy (non-hydrogen) atoms. The Kier molecular flexibility index (Phi) is 4.06. The van der Waals surface area contributed by atoms with E-state index in [1.807, 2.05) is 12.1 Å². The molecule has 0 unspecified atom stereocenters. The molecule has 1 heterocycles. The van der Waals surface area contributed by atoms with Crippen molar-refractivity contribution in [1.29, 1.82) is 0 Å². The molecule has 0 bridgehead atoms. The zero-order valence-corrected chi connectivity index (χ0v) is 11.1. The number of halogens is 1. The fraction of sp³-hybridized carbons (Fsp3) is 0.231. The molecule has 0 aliphatic carbocycles. The Morgan fingerprint density at radius 1 is 1.37 bits per heavy atom. The molecule has 0 atom stereocenters. The number of hydrogen-bond donors (Lipinski definition) is 1. The second kappa shape index (κ2) is 5.75. The van der Waals surface area contributed by atoms with Crippen molar-refractivity contribution in [1.82, 2.24) is 9.78 Å². The average Bonchev–Trinajstić information content (AvgIpc) is 2.74. The summed E-state index contributed by atoms with van der Waals surface area (Å²) in [5.41, 5.74) is 0.521. The lowest BCUT2D eigenvalue weighted by Crippen LogP contribution is -2.23. The van der Waals surface area contributed by atoms with E-state index in [4.69, 9.17) is 16.3 Å². The van der Waals surface area contributed by atoms with Gasteiger partial charge in [-0.05, 0) is 24.6 Å². The molecule has 0 radical (unpaired) electrons. The number of nitrogens with zero attached hydrogens (tertiary/aromatic N) is 1. The van der Waals surface area contributed by atoms with Gasteiger partial charge in [-0.2, -0.15) is 0 Å².